The topological polar surface area (TPSA) is 38.0 Å². The van der Waals surface area contributed by atoms with E-state index in [1.165, 1.54) is 6.07 Å². The van der Waals surface area contributed by atoms with Gasteiger partial charge in [0.1, 0.15) is 17.4 Å². The van der Waals surface area contributed by atoms with Crippen molar-refractivity contribution in [2.45, 2.75) is 19.9 Å². The van der Waals surface area contributed by atoms with E-state index in [1.807, 2.05) is 10.8 Å². The molecule has 84 valence electrons. The molecule has 0 fully saturated rings. The number of aromatic hydroxyl groups is 1. The third-order valence-corrected chi connectivity index (χ3v) is 2.38. The van der Waals surface area contributed by atoms with Crippen LogP contribution in [0.5, 0.6) is 5.75 Å². The van der Waals surface area contributed by atoms with E-state index in [0.717, 1.165) is 19.0 Å². The van der Waals surface area contributed by atoms with Gasteiger partial charge in [0.15, 0.2) is 0 Å². The number of hydrogen-bond acceptors (Lipinski definition) is 2. The first-order valence-corrected chi connectivity index (χ1v) is 5.22. The van der Waals surface area contributed by atoms with Gasteiger partial charge in [-0.15, -0.1) is 0 Å². The van der Waals surface area contributed by atoms with Gasteiger partial charge in [-0.2, -0.15) is 0 Å². The first-order chi connectivity index (χ1) is 7.72. The fourth-order valence-corrected chi connectivity index (χ4v) is 1.67. The maximum absolute atomic E-state index is 12.9. The van der Waals surface area contributed by atoms with Crippen LogP contribution in [0.4, 0.5) is 4.39 Å². The fraction of sp³-hybridized carbons (Fsp3) is 0.250. The molecule has 0 atom stereocenters. The third kappa shape index (κ3) is 1.91. The minimum atomic E-state index is -0.449. The van der Waals surface area contributed by atoms with E-state index >= 15 is 0 Å². The van der Waals surface area contributed by atoms with E-state index in [1.54, 1.807) is 12.3 Å². The summed E-state index contributed by atoms with van der Waals surface area (Å²) in [5.74, 6) is 0.137. The van der Waals surface area contributed by atoms with Crippen LogP contribution >= 0.6 is 0 Å². The van der Waals surface area contributed by atoms with Crippen LogP contribution in [0, 0.1) is 5.82 Å². The summed E-state index contributed by atoms with van der Waals surface area (Å²) < 4.78 is 14.8. The Labute approximate surface area is 93.2 Å². The molecule has 1 aromatic heterocycles. The van der Waals surface area contributed by atoms with Crippen LogP contribution in [0.2, 0.25) is 0 Å². The molecule has 0 aliphatic heterocycles. The number of benzene rings is 1. The van der Waals surface area contributed by atoms with Crippen LogP contribution in [0.25, 0.3) is 11.4 Å². The SMILES string of the molecule is CCCn1ccnc1-c1ccc(F)cc1O. The minimum Gasteiger partial charge on any atom is -0.507 e. The van der Waals surface area contributed by atoms with Crippen molar-refractivity contribution in [1.29, 1.82) is 0 Å². The fourth-order valence-electron chi connectivity index (χ4n) is 1.67. The summed E-state index contributed by atoms with van der Waals surface area (Å²) in [6.07, 6.45) is 4.50. The molecule has 16 heavy (non-hydrogen) atoms. The molecule has 4 heteroatoms. The second-order valence-corrected chi connectivity index (χ2v) is 3.61. The molecule has 0 aliphatic rings. The Morgan fingerprint density at radius 3 is 2.94 bits per heavy atom. The Balaban J connectivity index is 2.46. The normalized spacial score (nSPS) is 10.6. The number of imidazole rings is 1. The summed E-state index contributed by atoms with van der Waals surface area (Å²) in [4.78, 5) is 4.18. The summed E-state index contributed by atoms with van der Waals surface area (Å²) >= 11 is 0. The Hall–Kier alpha value is -1.84. The number of phenols is 1. The van der Waals surface area contributed by atoms with Crippen LogP contribution in [0.15, 0.2) is 30.6 Å². The van der Waals surface area contributed by atoms with Gasteiger partial charge in [0.2, 0.25) is 0 Å². The standard InChI is InChI=1S/C12H13FN2O/c1-2-6-15-7-5-14-12(15)10-4-3-9(13)8-11(10)16/h3-5,7-8,16H,2,6H2,1H3. The smallest absolute Gasteiger partial charge is 0.143 e. The largest absolute Gasteiger partial charge is 0.507 e. The molecule has 0 amide bonds. The predicted octanol–water partition coefficient (Wildman–Crippen LogP) is 2.80. The van der Waals surface area contributed by atoms with Crippen LogP contribution in [0.1, 0.15) is 13.3 Å². The highest BCUT2D eigenvalue weighted by Gasteiger charge is 2.10. The Morgan fingerprint density at radius 2 is 2.25 bits per heavy atom. The van der Waals surface area contributed by atoms with Gasteiger partial charge in [-0.05, 0) is 18.6 Å². The van der Waals surface area contributed by atoms with E-state index in [9.17, 15) is 9.50 Å². The number of aromatic nitrogens is 2. The maximum atomic E-state index is 12.9. The van der Waals surface area contributed by atoms with E-state index in [4.69, 9.17) is 0 Å². The average molecular weight is 220 g/mol. The van der Waals surface area contributed by atoms with Crippen molar-refractivity contribution in [2.75, 3.05) is 0 Å². The number of halogens is 1. The Kier molecular flexibility index (Phi) is 2.90. The maximum Gasteiger partial charge on any atom is 0.143 e. The summed E-state index contributed by atoms with van der Waals surface area (Å²) in [5, 5.41) is 9.66. The van der Waals surface area contributed by atoms with Crippen molar-refractivity contribution in [1.82, 2.24) is 9.55 Å². The van der Waals surface area contributed by atoms with E-state index in [2.05, 4.69) is 11.9 Å². The van der Waals surface area contributed by atoms with Crippen LogP contribution in [-0.2, 0) is 6.54 Å². The second-order valence-electron chi connectivity index (χ2n) is 3.61. The molecule has 0 unspecified atom stereocenters. The summed E-state index contributed by atoms with van der Waals surface area (Å²) in [7, 11) is 0. The third-order valence-electron chi connectivity index (χ3n) is 2.38. The monoisotopic (exact) mass is 220 g/mol. The van der Waals surface area contributed by atoms with E-state index < -0.39 is 5.82 Å². The summed E-state index contributed by atoms with van der Waals surface area (Å²) in [5.41, 5.74) is 0.555. The average Bonchev–Trinajstić information content (AvgIpc) is 2.67. The van der Waals surface area contributed by atoms with E-state index in [0.29, 0.717) is 11.4 Å². The molecular weight excluding hydrogens is 207 g/mol. The van der Waals surface area contributed by atoms with E-state index in [-0.39, 0.29) is 5.75 Å². The highest BCUT2D eigenvalue weighted by molar-refractivity contribution is 5.63. The van der Waals surface area contributed by atoms with Gasteiger partial charge in [-0.1, -0.05) is 6.92 Å². The molecule has 3 nitrogen and oxygen atoms in total. The summed E-state index contributed by atoms with van der Waals surface area (Å²) in [6, 6.07) is 3.96. The zero-order chi connectivity index (χ0) is 11.5. The van der Waals surface area contributed by atoms with Crippen LogP contribution < -0.4 is 0 Å². The van der Waals surface area contributed by atoms with Crippen molar-refractivity contribution in [3.05, 3.63) is 36.4 Å². The molecule has 1 aromatic carbocycles. The van der Waals surface area contributed by atoms with Crippen molar-refractivity contribution in [3.8, 4) is 17.1 Å². The van der Waals surface area contributed by atoms with Crippen molar-refractivity contribution < 1.29 is 9.50 Å². The zero-order valence-corrected chi connectivity index (χ0v) is 9.02. The molecule has 0 spiro atoms. The quantitative estimate of drug-likeness (QED) is 0.863. The minimum absolute atomic E-state index is 0.0800. The van der Waals surface area contributed by atoms with Gasteiger partial charge < -0.3 is 9.67 Å². The zero-order valence-electron chi connectivity index (χ0n) is 9.02. The lowest BCUT2D eigenvalue weighted by atomic mass is 10.2. The molecule has 1 heterocycles. The molecule has 1 N–H and O–H groups in total. The highest BCUT2D eigenvalue weighted by Crippen LogP contribution is 2.28. The molecule has 0 radical (unpaired) electrons. The number of hydrogen-bond donors (Lipinski definition) is 1. The molecule has 2 aromatic rings. The van der Waals surface area contributed by atoms with Crippen LogP contribution in [0.3, 0.4) is 0 Å². The molecule has 2 rings (SSSR count). The van der Waals surface area contributed by atoms with Crippen molar-refractivity contribution in [2.24, 2.45) is 0 Å². The van der Waals surface area contributed by atoms with Crippen LogP contribution in [-0.4, -0.2) is 14.7 Å². The second kappa shape index (κ2) is 4.35. The number of aryl methyl sites for hydroxylation is 1. The lowest BCUT2D eigenvalue weighted by molar-refractivity contribution is 0.470. The molecule has 0 saturated carbocycles. The Morgan fingerprint density at radius 1 is 1.44 bits per heavy atom. The predicted molar refractivity (Wildman–Crippen MR) is 59.6 cm³/mol. The number of rotatable bonds is 3. The molecule has 0 saturated heterocycles. The molecular formula is C12H13FN2O. The van der Waals surface area contributed by atoms with Gasteiger partial charge in [0.05, 0.1) is 5.56 Å². The van der Waals surface area contributed by atoms with Gasteiger partial charge in [-0.3, -0.25) is 0 Å². The lowest BCUT2D eigenvalue weighted by Gasteiger charge is -2.07. The van der Waals surface area contributed by atoms with Gasteiger partial charge >= 0.3 is 0 Å². The lowest BCUT2D eigenvalue weighted by Crippen LogP contribution is -1.98. The highest BCUT2D eigenvalue weighted by atomic mass is 19.1. The number of phenolic OH excluding ortho intramolecular Hbond substituents is 1. The van der Waals surface area contributed by atoms with Gasteiger partial charge in [0.25, 0.3) is 0 Å². The molecule has 0 aliphatic carbocycles. The van der Waals surface area contributed by atoms with Crippen molar-refractivity contribution >= 4 is 0 Å². The number of nitrogens with zero attached hydrogens (tertiary/aromatic N) is 2. The van der Waals surface area contributed by atoms with Gasteiger partial charge in [0, 0.05) is 25.0 Å². The Bertz CT molecular complexity index is 494. The van der Waals surface area contributed by atoms with Crippen molar-refractivity contribution in [3.63, 3.8) is 0 Å². The first kappa shape index (κ1) is 10.7. The molecule has 0 bridgehead atoms. The summed E-state index contributed by atoms with van der Waals surface area (Å²) in [6.45, 7) is 2.89. The first-order valence-electron chi connectivity index (χ1n) is 5.22. The van der Waals surface area contributed by atoms with Gasteiger partial charge in [-0.25, -0.2) is 9.37 Å².